The van der Waals surface area contributed by atoms with Crippen LogP contribution in [0.3, 0.4) is 0 Å². The number of carboxylic acid groups (broad SMARTS) is 1. The highest BCUT2D eigenvalue weighted by atomic mass is 31.0. The van der Waals surface area contributed by atoms with E-state index in [9.17, 15) is 4.79 Å². The quantitative estimate of drug-likeness (QED) is 0.631. The van der Waals surface area contributed by atoms with E-state index < -0.39 is 5.97 Å². The Hall–Kier alpha value is -0.140. The van der Waals surface area contributed by atoms with Crippen molar-refractivity contribution in [3.05, 3.63) is 0 Å². The fourth-order valence-corrected chi connectivity index (χ4v) is 2.10. The van der Waals surface area contributed by atoms with E-state index in [2.05, 4.69) is 9.39 Å². The Morgan fingerprint density at radius 2 is 2.36 bits per heavy atom. The zero-order valence-corrected chi connectivity index (χ0v) is 7.81. The number of carboxylic acids is 1. The van der Waals surface area contributed by atoms with E-state index in [1.54, 1.807) is 0 Å². The molecule has 3 atom stereocenters. The minimum Gasteiger partial charge on any atom is -0.481 e. The van der Waals surface area contributed by atoms with Gasteiger partial charge in [0.2, 0.25) is 0 Å². The van der Waals surface area contributed by atoms with Crippen molar-refractivity contribution < 1.29 is 9.90 Å². The smallest absolute Gasteiger partial charge is 0.308 e. The second-order valence-electron chi connectivity index (χ2n) is 3.07. The summed E-state index contributed by atoms with van der Waals surface area (Å²) in [4.78, 5) is 10.7. The Labute approximate surface area is 69.0 Å². The van der Waals surface area contributed by atoms with Gasteiger partial charge in [0.15, 0.2) is 0 Å². The summed E-state index contributed by atoms with van der Waals surface area (Å²) in [5, 5.41) is 8.80. The number of hydrogen-bond donors (Lipinski definition) is 1. The molecule has 1 aliphatic rings. The van der Waals surface area contributed by atoms with Crippen molar-refractivity contribution in [3.63, 3.8) is 0 Å². The van der Waals surface area contributed by atoms with Gasteiger partial charge in [0.1, 0.15) is 0 Å². The lowest BCUT2D eigenvalue weighted by Crippen LogP contribution is -2.21. The van der Waals surface area contributed by atoms with E-state index in [4.69, 9.17) is 5.11 Å². The summed E-state index contributed by atoms with van der Waals surface area (Å²) in [6.45, 7) is 3.63. The normalized spacial score (nSPS) is 32.5. The first-order chi connectivity index (χ1) is 5.15. The molecule has 0 amide bonds. The van der Waals surface area contributed by atoms with Crippen molar-refractivity contribution in [2.45, 2.75) is 13.3 Å². The predicted octanol–water partition coefficient (Wildman–Crippen LogP) is 0.819. The van der Waals surface area contributed by atoms with Crippen molar-refractivity contribution >= 4 is 15.4 Å². The monoisotopic (exact) mass is 175 g/mol. The number of rotatable bonds is 2. The van der Waals surface area contributed by atoms with Crippen LogP contribution in [0.5, 0.6) is 0 Å². The molecule has 3 nitrogen and oxygen atoms in total. The van der Waals surface area contributed by atoms with Crippen LogP contribution in [0.15, 0.2) is 0 Å². The largest absolute Gasteiger partial charge is 0.481 e. The lowest BCUT2D eigenvalue weighted by atomic mass is 9.94. The molecule has 2 unspecified atom stereocenters. The van der Waals surface area contributed by atoms with Crippen LogP contribution in [-0.2, 0) is 4.79 Å². The zero-order valence-electron chi connectivity index (χ0n) is 6.66. The van der Waals surface area contributed by atoms with Gasteiger partial charge in [-0.25, -0.2) is 0 Å². The maximum absolute atomic E-state index is 10.7. The molecule has 64 valence electrons. The Balaban J connectivity index is 2.57. The van der Waals surface area contributed by atoms with Crippen LogP contribution in [0.1, 0.15) is 13.3 Å². The fourth-order valence-electron chi connectivity index (χ4n) is 1.60. The van der Waals surface area contributed by atoms with E-state index in [0.717, 1.165) is 13.0 Å². The molecule has 0 aromatic carbocycles. The summed E-state index contributed by atoms with van der Waals surface area (Å²) in [6.07, 6.45) is 0.960. The first-order valence-electron chi connectivity index (χ1n) is 3.87. The molecule has 1 N–H and O–H groups in total. The highest BCUT2D eigenvalue weighted by Gasteiger charge is 2.34. The second-order valence-corrected chi connectivity index (χ2v) is 3.80. The van der Waals surface area contributed by atoms with Crippen LogP contribution in [-0.4, -0.2) is 28.8 Å². The highest BCUT2D eigenvalue weighted by Crippen LogP contribution is 2.28. The summed E-state index contributed by atoms with van der Waals surface area (Å²) in [5.41, 5.74) is 0. The van der Waals surface area contributed by atoms with E-state index in [1.807, 2.05) is 11.6 Å². The molecule has 0 spiro atoms. The molecule has 0 aromatic rings. The van der Waals surface area contributed by atoms with Gasteiger partial charge in [-0.2, -0.15) is 0 Å². The number of hydrogen-bond acceptors (Lipinski definition) is 2. The number of nitrogens with zero attached hydrogens (tertiary/aromatic N) is 1. The first-order valence-corrected chi connectivity index (χ1v) is 4.39. The molecule has 0 aliphatic carbocycles. The molecule has 1 saturated heterocycles. The Morgan fingerprint density at radius 3 is 2.73 bits per heavy atom. The van der Waals surface area contributed by atoms with Crippen LogP contribution in [0.2, 0.25) is 0 Å². The van der Waals surface area contributed by atoms with Gasteiger partial charge in [-0.05, 0) is 5.92 Å². The van der Waals surface area contributed by atoms with Gasteiger partial charge in [0.05, 0.1) is 5.92 Å². The minimum atomic E-state index is -0.651. The molecular formula is C7H14NO2P. The Kier molecular flexibility index (Phi) is 2.85. The molecule has 0 bridgehead atoms. The topological polar surface area (TPSA) is 40.5 Å². The number of carbonyl (C=O) groups is 1. The molecule has 11 heavy (non-hydrogen) atoms. The standard InChI is InChI=1S/C7H14NO2P/c1-2-5-3-8(11)4-6(5)7(9)10/h5-6H,2-4,11H2,1H3,(H,9,10)/t5-,6?/m1/s1. The summed E-state index contributed by atoms with van der Waals surface area (Å²) in [5.74, 6) is -0.468. The van der Waals surface area contributed by atoms with Gasteiger partial charge in [-0.15, -0.1) is 0 Å². The lowest BCUT2D eigenvalue weighted by molar-refractivity contribution is -0.142. The highest BCUT2D eigenvalue weighted by molar-refractivity contribution is 7.13. The maximum atomic E-state index is 10.7. The molecule has 1 heterocycles. The molecule has 1 aliphatic heterocycles. The Bertz CT molecular complexity index is 163. The van der Waals surface area contributed by atoms with Gasteiger partial charge < -0.3 is 5.11 Å². The van der Waals surface area contributed by atoms with Gasteiger partial charge in [0, 0.05) is 13.1 Å². The van der Waals surface area contributed by atoms with Crippen LogP contribution in [0.4, 0.5) is 0 Å². The third kappa shape index (κ3) is 1.91. The zero-order chi connectivity index (χ0) is 8.43. The lowest BCUT2D eigenvalue weighted by Gasteiger charge is -2.10. The molecular weight excluding hydrogens is 161 g/mol. The second kappa shape index (κ2) is 3.51. The van der Waals surface area contributed by atoms with Crippen LogP contribution >= 0.6 is 9.39 Å². The SMILES string of the molecule is CC[C@@H]1CN(P)CC1C(=O)O. The average molecular weight is 175 g/mol. The van der Waals surface area contributed by atoms with Gasteiger partial charge in [-0.1, -0.05) is 22.7 Å². The molecule has 4 heteroatoms. The van der Waals surface area contributed by atoms with Crippen molar-refractivity contribution in [2.24, 2.45) is 11.8 Å². The van der Waals surface area contributed by atoms with E-state index in [0.29, 0.717) is 12.5 Å². The van der Waals surface area contributed by atoms with Gasteiger partial charge >= 0.3 is 5.97 Å². The molecule has 0 radical (unpaired) electrons. The summed E-state index contributed by atoms with van der Waals surface area (Å²) in [7, 11) is 2.56. The van der Waals surface area contributed by atoms with Gasteiger partial charge in [-0.3, -0.25) is 9.46 Å². The fraction of sp³-hybridized carbons (Fsp3) is 0.857. The summed E-state index contributed by atoms with van der Waals surface area (Å²) < 4.78 is 2.01. The minimum absolute atomic E-state index is 0.155. The van der Waals surface area contributed by atoms with Crippen molar-refractivity contribution in [1.82, 2.24) is 4.67 Å². The molecule has 0 saturated carbocycles. The summed E-state index contributed by atoms with van der Waals surface area (Å²) in [6, 6.07) is 0. The third-order valence-corrected chi connectivity index (χ3v) is 2.73. The molecule has 1 rings (SSSR count). The van der Waals surface area contributed by atoms with Crippen LogP contribution < -0.4 is 0 Å². The van der Waals surface area contributed by atoms with Crippen LogP contribution in [0, 0.1) is 11.8 Å². The first kappa shape index (κ1) is 8.95. The Morgan fingerprint density at radius 1 is 1.73 bits per heavy atom. The number of aliphatic carboxylic acids is 1. The van der Waals surface area contributed by atoms with Crippen LogP contribution in [0.25, 0.3) is 0 Å². The van der Waals surface area contributed by atoms with E-state index in [-0.39, 0.29) is 5.92 Å². The van der Waals surface area contributed by atoms with E-state index in [1.165, 1.54) is 0 Å². The maximum Gasteiger partial charge on any atom is 0.308 e. The van der Waals surface area contributed by atoms with Crippen molar-refractivity contribution in [2.75, 3.05) is 13.1 Å². The van der Waals surface area contributed by atoms with E-state index >= 15 is 0 Å². The van der Waals surface area contributed by atoms with Crippen molar-refractivity contribution in [1.29, 1.82) is 0 Å². The third-order valence-electron chi connectivity index (χ3n) is 2.31. The average Bonchev–Trinajstić information content (AvgIpc) is 2.30. The molecule has 1 fully saturated rings. The van der Waals surface area contributed by atoms with Crippen molar-refractivity contribution in [3.8, 4) is 0 Å². The predicted molar refractivity (Wildman–Crippen MR) is 46.2 cm³/mol. The molecule has 0 aromatic heterocycles. The summed E-state index contributed by atoms with van der Waals surface area (Å²) >= 11 is 0. The van der Waals surface area contributed by atoms with Gasteiger partial charge in [0.25, 0.3) is 0 Å².